The summed E-state index contributed by atoms with van der Waals surface area (Å²) in [5.41, 5.74) is 2.04. The van der Waals surface area contributed by atoms with E-state index in [0.717, 1.165) is 22.7 Å². The van der Waals surface area contributed by atoms with Crippen LogP contribution >= 0.6 is 11.6 Å². The van der Waals surface area contributed by atoms with E-state index < -0.39 is 0 Å². The summed E-state index contributed by atoms with van der Waals surface area (Å²) in [5.74, 6) is 0.0603. The molecule has 1 aromatic rings. The molecule has 0 saturated carbocycles. The van der Waals surface area contributed by atoms with Gasteiger partial charge in [-0.05, 0) is 31.0 Å². The van der Waals surface area contributed by atoms with Crippen molar-refractivity contribution >= 4 is 17.3 Å². The normalized spacial score (nSPS) is 11.9. The van der Waals surface area contributed by atoms with Gasteiger partial charge >= 0.3 is 0 Å². The minimum absolute atomic E-state index is 0.0603. The predicted molar refractivity (Wildman–Crippen MR) is 64.1 cm³/mol. The molecule has 0 amide bonds. The van der Waals surface area contributed by atoms with Crippen LogP contribution in [-0.2, 0) is 0 Å². The molecule has 3 heteroatoms. The van der Waals surface area contributed by atoms with Gasteiger partial charge in [0.2, 0.25) is 0 Å². The first-order valence-corrected chi connectivity index (χ1v) is 5.44. The fraction of sp³-hybridized carbons (Fsp3) is 0.417. The first-order valence-electron chi connectivity index (χ1n) is 5.07. The summed E-state index contributed by atoms with van der Waals surface area (Å²) in [6.45, 7) is 4.65. The summed E-state index contributed by atoms with van der Waals surface area (Å²) in [7, 11) is 0. The van der Waals surface area contributed by atoms with Crippen molar-refractivity contribution in [1.29, 1.82) is 5.26 Å². The van der Waals surface area contributed by atoms with Crippen molar-refractivity contribution in [2.75, 3.05) is 11.9 Å². The van der Waals surface area contributed by atoms with Gasteiger partial charge in [-0.25, -0.2) is 0 Å². The summed E-state index contributed by atoms with van der Waals surface area (Å²) in [6.07, 6.45) is 0.864. The first-order chi connectivity index (χ1) is 7.17. The number of aryl methyl sites for hydroxylation is 1. The fourth-order valence-electron chi connectivity index (χ4n) is 1.23. The highest BCUT2D eigenvalue weighted by molar-refractivity contribution is 6.31. The Hall–Kier alpha value is -1.20. The van der Waals surface area contributed by atoms with E-state index in [1.54, 1.807) is 0 Å². The molecule has 15 heavy (non-hydrogen) atoms. The lowest BCUT2D eigenvalue weighted by atomic mass is 10.1. The van der Waals surface area contributed by atoms with Gasteiger partial charge in [0.15, 0.2) is 0 Å². The van der Waals surface area contributed by atoms with Gasteiger partial charge < -0.3 is 5.32 Å². The number of benzene rings is 1. The van der Waals surface area contributed by atoms with Gasteiger partial charge in [-0.2, -0.15) is 5.26 Å². The van der Waals surface area contributed by atoms with Crippen molar-refractivity contribution in [3.63, 3.8) is 0 Å². The molecule has 1 rings (SSSR count). The molecule has 0 aliphatic rings. The van der Waals surface area contributed by atoms with E-state index in [4.69, 9.17) is 16.9 Å². The van der Waals surface area contributed by atoms with E-state index in [2.05, 4.69) is 11.4 Å². The van der Waals surface area contributed by atoms with Gasteiger partial charge in [0.05, 0.1) is 12.0 Å². The van der Waals surface area contributed by atoms with E-state index in [9.17, 15) is 0 Å². The van der Waals surface area contributed by atoms with E-state index in [-0.39, 0.29) is 5.92 Å². The van der Waals surface area contributed by atoms with Crippen LogP contribution in [0.5, 0.6) is 0 Å². The standard InChI is InChI=1S/C12H15ClN2/c1-3-10(7-14)8-15-11-5-4-9(2)12(13)6-11/h4-6,10,15H,3,8H2,1-2H3. The van der Waals surface area contributed by atoms with E-state index in [1.165, 1.54) is 0 Å². The number of halogens is 1. The highest BCUT2D eigenvalue weighted by atomic mass is 35.5. The van der Waals surface area contributed by atoms with Crippen molar-refractivity contribution in [2.45, 2.75) is 20.3 Å². The van der Waals surface area contributed by atoms with Gasteiger partial charge in [-0.15, -0.1) is 0 Å². The number of hydrogen-bond donors (Lipinski definition) is 1. The Labute approximate surface area is 95.9 Å². The molecule has 0 aliphatic carbocycles. The summed E-state index contributed by atoms with van der Waals surface area (Å²) in [6, 6.07) is 8.09. The van der Waals surface area contributed by atoms with Gasteiger partial charge in [0, 0.05) is 17.3 Å². The maximum absolute atomic E-state index is 8.79. The molecule has 0 bridgehead atoms. The lowest BCUT2D eigenvalue weighted by Gasteiger charge is -2.10. The molecule has 1 atom stereocenters. The smallest absolute Gasteiger partial charge is 0.0674 e. The highest BCUT2D eigenvalue weighted by Gasteiger charge is 2.04. The monoisotopic (exact) mass is 222 g/mol. The second-order valence-electron chi connectivity index (χ2n) is 3.58. The van der Waals surface area contributed by atoms with Crippen LogP contribution in [0.3, 0.4) is 0 Å². The lowest BCUT2D eigenvalue weighted by Crippen LogP contribution is -2.11. The fourth-order valence-corrected chi connectivity index (χ4v) is 1.41. The highest BCUT2D eigenvalue weighted by Crippen LogP contribution is 2.20. The zero-order chi connectivity index (χ0) is 11.3. The van der Waals surface area contributed by atoms with Crippen molar-refractivity contribution in [3.8, 4) is 6.07 Å². The maximum atomic E-state index is 8.79. The molecule has 0 fully saturated rings. The largest absolute Gasteiger partial charge is 0.384 e. The molecular weight excluding hydrogens is 208 g/mol. The molecule has 1 N–H and O–H groups in total. The first kappa shape index (κ1) is 11.9. The van der Waals surface area contributed by atoms with E-state index in [0.29, 0.717) is 6.54 Å². The van der Waals surface area contributed by atoms with Gasteiger partial charge in [-0.3, -0.25) is 0 Å². The quantitative estimate of drug-likeness (QED) is 0.845. The topological polar surface area (TPSA) is 35.8 Å². The molecule has 0 radical (unpaired) electrons. The molecule has 1 unspecified atom stereocenters. The van der Waals surface area contributed by atoms with Crippen molar-refractivity contribution in [2.24, 2.45) is 5.92 Å². The Morgan fingerprint density at radius 2 is 2.27 bits per heavy atom. The minimum Gasteiger partial charge on any atom is -0.384 e. The molecule has 0 saturated heterocycles. The summed E-state index contributed by atoms with van der Waals surface area (Å²) in [5, 5.41) is 12.7. The van der Waals surface area contributed by atoms with E-state index in [1.807, 2.05) is 32.0 Å². The zero-order valence-electron chi connectivity index (χ0n) is 9.05. The Morgan fingerprint density at radius 3 is 2.80 bits per heavy atom. The summed E-state index contributed by atoms with van der Waals surface area (Å²) in [4.78, 5) is 0. The average molecular weight is 223 g/mol. The molecule has 80 valence electrons. The second-order valence-corrected chi connectivity index (χ2v) is 3.99. The van der Waals surface area contributed by atoms with Crippen LogP contribution in [0.25, 0.3) is 0 Å². The van der Waals surface area contributed by atoms with Crippen LogP contribution in [-0.4, -0.2) is 6.54 Å². The summed E-state index contributed by atoms with van der Waals surface area (Å²) < 4.78 is 0. The number of anilines is 1. The summed E-state index contributed by atoms with van der Waals surface area (Å²) >= 11 is 5.99. The number of nitrogens with one attached hydrogen (secondary N) is 1. The van der Waals surface area contributed by atoms with Gasteiger partial charge in [-0.1, -0.05) is 24.6 Å². The van der Waals surface area contributed by atoms with Gasteiger partial charge in [0.25, 0.3) is 0 Å². The van der Waals surface area contributed by atoms with Gasteiger partial charge in [0.1, 0.15) is 0 Å². The molecule has 0 heterocycles. The van der Waals surface area contributed by atoms with Crippen molar-refractivity contribution < 1.29 is 0 Å². The third kappa shape index (κ3) is 3.45. The Kier molecular flexibility index (Phi) is 4.45. The molecule has 2 nitrogen and oxygen atoms in total. The molecule has 0 aromatic heterocycles. The van der Waals surface area contributed by atoms with Crippen LogP contribution in [0.15, 0.2) is 18.2 Å². The maximum Gasteiger partial charge on any atom is 0.0674 e. The second kappa shape index (κ2) is 5.63. The molecule has 0 aliphatic heterocycles. The van der Waals surface area contributed by atoms with Crippen LogP contribution in [0.4, 0.5) is 5.69 Å². The number of hydrogen-bond acceptors (Lipinski definition) is 2. The third-order valence-electron chi connectivity index (χ3n) is 2.40. The van der Waals surface area contributed by atoms with Crippen LogP contribution in [0.2, 0.25) is 5.02 Å². The predicted octanol–water partition coefficient (Wildman–Crippen LogP) is 3.61. The lowest BCUT2D eigenvalue weighted by molar-refractivity contribution is 0.674. The Balaban J connectivity index is 2.59. The van der Waals surface area contributed by atoms with E-state index >= 15 is 0 Å². The minimum atomic E-state index is 0.0603. The molecular formula is C12H15ClN2. The SMILES string of the molecule is CCC(C#N)CNc1ccc(C)c(Cl)c1. The zero-order valence-corrected chi connectivity index (χ0v) is 9.80. The van der Waals surface area contributed by atoms with Crippen LogP contribution in [0, 0.1) is 24.2 Å². The third-order valence-corrected chi connectivity index (χ3v) is 2.81. The number of rotatable bonds is 4. The Bertz CT molecular complexity index is 368. The Morgan fingerprint density at radius 1 is 1.53 bits per heavy atom. The average Bonchev–Trinajstić information content (AvgIpc) is 2.24. The van der Waals surface area contributed by atoms with Crippen molar-refractivity contribution in [3.05, 3.63) is 28.8 Å². The van der Waals surface area contributed by atoms with Crippen LogP contribution < -0.4 is 5.32 Å². The number of nitriles is 1. The van der Waals surface area contributed by atoms with Crippen LogP contribution in [0.1, 0.15) is 18.9 Å². The molecule has 1 aromatic carbocycles. The van der Waals surface area contributed by atoms with Crippen molar-refractivity contribution in [1.82, 2.24) is 0 Å². The molecule has 0 spiro atoms. The number of nitrogens with zero attached hydrogens (tertiary/aromatic N) is 1.